The van der Waals surface area contributed by atoms with Crippen LogP contribution in [0.25, 0.3) is 10.9 Å². The Morgan fingerprint density at radius 2 is 1.70 bits per heavy atom. The topological polar surface area (TPSA) is 74.6 Å². The molecule has 6 nitrogen and oxygen atoms in total. The van der Waals surface area contributed by atoms with Crippen LogP contribution in [0.2, 0.25) is 0 Å². The molecule has 142 valence electrons. The summed E-state index contributed by atoms with van der Waals surface area (Å²) in [5.41, 5.74) is -0.125. The molecule has 0 saturated heterocycles. The van der Waals surface area contributed by atoms with Crippen LogP contribution in [0.15, 0.2) is 65.7 Å². The largest absolute Gasteiger partial charge is 0.481 e. The second-order valence-corrected chi connectivity index (χ2v) is 8.81. The van der Waals surface area contributed by atoms with Gasteiger partial charge in [0.15, 0.2) is 6.61 Å². The molecule has 1 heterocycles. The number of hydrogen-bond acceptors (Lipinski definition) is 5. The molecule has 0 aliphatic heterocycles. The van der Waals surface area contributed by atoms with Gasteiger partial charge in [-0.2, -0.15) is 0 Å². The molecule has 0 bridgehead atoms. The van der Waals surface area contributed by atoms with E-state index < -0.39 is 21.6 Å². The number of carbonyl (C=O) groups is 1. The Hall–Kier alpha value is -2.80. The van der Waals surface area contributed by atoms with Gasteiger partial charge in [-0.05, 0) is 51.1 Å². The van der Waals surface area contributed by atoms with E-state index in [9.17, 15) is 13.2 Å². The van der Waals surface area contributed by atoms with Crippen LogP contribution in [0.4, 0.5) is 0 Å². The first kappa shape index (κ1) is 19.0. The molecule has 0 spiro atoms. The SMILES string of the molecule is CC(C)(C)OC(=O)COc1cccc2c1ccn2S(=O)(=O)c1ccccc1. The zero-order valence-corrected chi connectivity index (χ0v) is 16.2. The minimum absolute atomic E-state index is 0.197. The normalized spacial score (nSPS) is 12.1. The number of ether oxygens (including phenoxy) is 2. The van der Waals surface area contributed by atoms with Gasteiger partial charge in [-0.15, -0.1) is 0 Å². The summed E-state index contributed by atoms with van der Waals surface area (Å²) in [6.45, 7) is 5.08. The number of esters is 1. The average molecular weight is 387 g/mol. The Morgan fingerprint density at radius 3 is 2.37 bits per heavy atom. The van der Waals surface area contributed by atoms with Gasteiger partial charge in [-0.3, -0.25) is 0 Å². The van der Waals surface area contributed by atoms with E-state index >= 15 is 0 Å². The number of aromatic nitrogens is 1. The summed E-state index contributed by atoms with van der Waals surface area (Å²) in [7, 11) is -3.72. The molecule has 0 saturated carbocycles. The number of rotatable bonds is 5. The van der Waals surface area contributed by atoms with Crippen LogP contribution in [0.3, 0.4) is 0 Å². The average Bonchev–Trinajstić information content (AvgIpc) is 3.04. The lowest BCUT2D eigenvalue weighted by Gasteiger charge is -2.19. The lowest BCUT2D eigenvalue weighted by Crippen LogP contribution is -2.27. The molecule has 27 heavy (non-hydrogen) atoms. The van der Waals surface area contributed by atoms with Gasteiger partial charge in [-0.1, -0.05) is 24.3 Å². The Bertz CT molecular complexity index is 1060. The molecular weight excluding hydrogens is 366 g/mol. The molecule has 0 aliphatic carbocycles. The van der Waals surface area contributed by atoms with E-state index in [1.807, 2.05) is 0 Å². The number of benzene rings is 2. The maximum Gasteiger partial charge on any atom is 0.344 e. The molecule has 7 heteroatoms. The molecule has 0 unspecified atom stereocenters. The molecule has 3 aromatic rings. The Labute approximate surface area is 158 Å². The van der Waals surface area contributed by atoms with Crippen molar-refractivity contribution in [2.75, 3.05) is 6.61 Å². The maximum atomic E-state index is 12.9. The molecule has 1 aromatic heterocycles. The Morgan fingerprint density at radius 1 is 1.00 bits per heavy atom. The van der Waals surface area contributed by atoms with E-state index in [1.54, 1.807) is 75.4 Å². The first-order valence-electron chi connectivity index (χ1n) is 8.44. The highest BCUT2D eigenvalue weighted by Crippen LogP contribution is 2.29. The summed E-state index contributed by atoms with van der Waals surface area (Å²) in [4.78, 5) is 12.1. The van der Waals surface area contributed by atoms with Gasteiger partial charge in [0.25, 0.3) is 10.0 Å². The zero-order chi connectivity index (χ0) is 19.7. The fourth-order valence-electron chi connectivity index (χ4n) is 2.66. The van der Waals surface area contributed by atoms with E-state index in [2.05, 4.69) is 0 Å². The molecule has 2 aromatic carbocycles. The van der Waals surface area contributed by atoms with Gasteiger partial charge < -0.3 is 9.47 Å². The van der Waals surface area contributed by atoms with E-state index in [0.29, 0.717) is 16.7 Å². The minimum Gasteiger partial charge on any atom is -0.481 e. The Kier molecular flexibility index (Phi) is 4.97. The van der Waals surface area contributed by atoms with Gasteiger partial charge in [-0.25, -0.2) is 17.2 Å². The van der Waals surface area contributed by atoms with Gasteiger partial charge in [0.2, 0.25) is 0 Å². The van der Waals surface area contributed by atoms with E-state index in [1.165, 1.54) is 10.2 Å². The van der Waals surface area contributed by atoms with Crippen LogP contribution in [0, 0.1) is 0 Å². The number of hydrogen-bond donors (Lipinski definition) is 0. The molecule has 3 rings (SSSR count). The standard InChI is InChI=1S/C20H21NO5S/c1-20(2,3)26-19(22)14-25-18-11-7-10-17-16(18)12-13-21(17)27(23,24)15-8-5-4-6-9-15/h4-13H,14H2,1-3H3. The smallest absolute Gasteiger partial charge is 0.344 e. The summed E-state index contributed by atoms with van der Waals surface area (Å²) in [5.74, 6) is -0.0730. The molecule has 0 N–H and O–H groups in total. The Balaban J connectivity index is 1.91. The summed E-state index contributed by atoms with van der Waals surface area (Å²) in [6, 6.07) is 14.9. The van der Waals surface area contributed by atoms with Crippen molar-refractivity contribution in [3.05, 3.63) is 60.8 Å². The predicted octanol–water partition coefficient (Wildman–Crippen LogP) is 3.60. The quantitative estimate of drug-likeness (QED) is 0.626. The predicted molar refractivity (Wildman–Crippen MR) is 102 cm³/mol. The van der Waals surface area contributed by atoms with E-state index in [0.717, 1.165) is 0 Å². The molecule has 0 radical (unpaired) electrons. The van der Waals surface area contributed by atoms with Crippen LogP contribution in [0.1, 0.15) is 20.8 Å². The van der Waals surface area contributed by atoms with E-state index in [-0.39, 0.29) is 11.5 Å². The van der Waals surface area contributed by atoms with Crippen molar-refractivity contribution in [1.29, 1.82) is 0 Å². The summed E-state index contributed by atoms with van der Waals surface area (Å²) in [6.07, 6.45) is 1.48. The van der Waals surface area contributed by atoms with Crippen LogP contribution in [0.5, 0.6) is 5.75 Å². The molecule has 0 atom stereocenters. The highest BCUT2D eigenvalue weighted by atomic mass is 32.2. The van der Waals surface area contributed by atoms with E-state index in [4.69, 9.17) is 9.47 Å². The monoisotopic (exact) mass is 387 g/mol. The van der Waals surface area contributed by atoms with Gasteiger partial charge in [0.05, 0.1) is 10.4 Å². The second-order valence-electron chi connectivity index (χ2n) is 6.99. The number of nitrogens with zero attached hydrogens (tertiary/aromatic N) is 1. The highest BCUT2D eigenvalue weighted by Gasteiger charge is 2.20. The molecule has 0 fully saturated rings. The zero-order valence-electron chi connectivity index (χ0n) is 15.4. The van der Waals surface area contributed by atoms with Gasteiger partial charge in [0.1, 0.15) is 11.4 Å². The summed E-state index contributed by atoms with van der Waals surface area (Å²) < 4.78 is 37.8. The van der Waals surface area contributed by atoms with Crippen LogP contribution >= 0.6 is 0 Å². The lowest BCUT2D eigenvalue weighted by atomic mass is 10.2. The van der Waals surface area contributed by atoms with Crippen molar-refractivity contribution in [2.24, 2.45) is 0 Å². The van der Waals surface area contributed by atoms with Gasteiger partial charge in [0, 0.05) is 11.6 Å². The minimum atomic E-state index is -3.72. The van der Waals surface area contributed by atoms with Crippen LogP contribution in [-0.2, 0) is 19.6 Å². The van der Waals surface area contributed by atoms with Crippen molar-refractivity contribution in [3.8, 4) is 5.75 Å². The first-order valence-corrected chi connectivity index (χ1v) is 9.88. The summed E-state index contributed by atoms with van der Waals surface area (Å²) in [5, 5.41) is 0.598. The van der Waals surface area contributed by atoms with Crippen molar-refractivity contribution in [1.82, 2.24) is 3.97 Å². The van der Waals surface area contributed by atoms with Crippen molar-refractivity contribution < 1.29 is 22.7 Å². The molecular formula is C20H21NO5S. The van der Waals surface area contributed by atoms with Crippen molar-refractivity contribution in [2.45, 2.75) is 31.3 Å². The third kappa shape index (κ3) is 4.14. The maximum absolute atomic E-state index is 12.9. The first-order chi connectivity index (χ1) is 12.7. The van der Waals surface area contributed by atoms with Crippen molar-refractivity contribution in [3.63, 3.8) is 0 Å². The third-order valence-electron chi connectivity index (χ3n) is 3.72. The summed E-state index contributed by atoms with van der Waals surface area (Å²) >= 11 is 0. The third-order valence-corrected chi connectivity index (χ3v) is 5.43. The molecule has 0 aliphatic rings. The van der Waals surface area contributed by atoms with Crippen LogP contribution in [-0.4, -0.2) is 30.6 Å². The van der Waals surface area contributed by atoms with Crippen LogP contribution < -0.4 is 4.74 Å². The highest BCUT2D eigenvalue weighted by molar-refractivity contribution is 7.90. The fourth-order valence-corrected chi connectivity index (χ4v) is 4.03. The van der Waals surface area contributed by atoms with Crippen molar-refractivity contribution >= 4 is 26.9 Å². The number of carbonyl (C=O) groups excluding carboxylic acids is 1. The second kappa shape index (κ2) is 7.08. The van der Waals surface area contributed by atoms with Gasteiger partial charge >= 0.3 is 5.97 Å². The molecule has 0 amide bonds. The number of fused-ring (bicyclic) bond motifs is 1. The fraction of sp³-hybridized carbons (Fsp3) is 0.250. The lowest BCUT2D eigenvalue weighted by molar-refractivity contribution is -0.157.